The second-order valence-electron chi connectivity index (χ2n) is 21.2. The van der Waals surface area contributed by atoms with Crippen molar-refractivity contribution in [2.75, 3.05) is 19.6 Å². The molecule has 0 bridgehead atoms. The Kier molecular flexibility index (Phi) is 25.9. The molecule has 27 heteroatoms. The Morgan fingerprint density at radius 3 is 1.96 bits per heavy atom. The number of hydrogen-bond donors (Lipinski definition) is 15. The average Bonchev–Trinajstić information content (AvgIpc) is 4.00. The van der Waals surface area contributed by atoms with Crippen molar-refractivity contribution >= 4 is 53.2 Å². The van der Waals surface area contributed by atoms with E-state index in [-0.39, 0.29) is 24.2 Å². The van der Waals surface area contributed by atoms with Gasteiger partial charge in [-0.25, -0.2) is 0 Å². The number of primary amides is 1. The standard InChI is InChI=1S/C52H83N9O18/c1-5-26(2)20-27(3)12-10-8-6-7-9-11-13-38(68)55-32-22-36(66)48(74)59-50(76)43-34(64)18-19-60(43)52(78)41(35(65)23-37(54)67)57-49(75)42(45(71)44(70)29-14-16-31(17-15-29)79-39(69)24-53)58-47(73)33-21-30(63)25-61(33)51(77)40(28(4)62)56-46(32)72/h14-17,26-28,30,32-36,40-45,48,62-66,70-71,74H,5-13,18-25,53H2,1-4H3,(H2,54,67)(H,55,68)(H,56,72)(H,57,75)(H,58,73)(H,59,76)/t26?,27?,28-,30+,32-,33-,34-,35-,36+,40-,41-,42-,43-,44-,45-,48+/m0/s1. The van der Waals surface area contributed by atoms with Gasteiger partial charge in [0.2, 0.25) is 47.3 Å². The molecule has 79 heavy (non-hydrogen) atoms. The van der Waals surface area contributed by atoms with Crippen LogP contribution in [0.2, 0.25) is 0 Å². The molecule has 27 nitrogen and oxygen atoms in total. The van der Waals surface area contributed by atoms with Crippen molar-refractivity contribution < 1.29 is 88.7 Å². The Balaban J connectivity index is 1.71. The first kappa shape index (κ1) is 65.6. The van der Waals surface area contributed by atoms with Crippen LogP contribution < -0.4 is 42.8 Å². The molecule has 0 spiro atoms. The van der Waals surface area contributed by atoms with Gasteiger partial charge >= 0.3 is 5.97 Å². The lowest BCUT2D eigenvalue weighted by atomic mass is 9.91. The number of amides is 8. The van der Waals surface area contributed by atoms with E-state index < -0.39 is 177 Å². The van der Waals surface area contributed by atoms with Gasteiger partial charge < -0.3 is 93.4 Å². The van der Waals surface area contributed by atoms with Crippen molar-refractivity contribution in [1.29, 1.82) is 0 Å². The van der Waals surface area contributed by atoms with Crippen molar-refractivity contribution in [3.05, 3.63) is 29.8 Å². The van der Waals surface area contributed by atoms with Crippen LogP contribution in [-0.4, -0.2) is 203 Å². The molecule has 0 radical (unpaired) electrons. The number of nitrogens with one attached hydrogen (secondary N) is 5. The second-order valence-corrected chi connectivity index (χ2v) is 21.2. The minimum atomic E-state index is -2.41. The van der Waals surface area contributed by atoms with E-state index in [2.05, 4.69) is 47.4 Å². The summed E-state index contributed by atoms with van der Waals surface area (Å²) in [4.78, 5) is 125. The molecule has 0 saturated carbocycles. The molecule has 2 unspecified atom stereocenters. The monoisotopic (exact) mass is 1120 g/mol. The summed E-state index contributed by atoms with van der Waals surface area (Å²) >= 11 is 0. The summed E-state index contributed by atoms with van der Waals surface area (Å²) in [5.74, 6) is -9.35. The topological polar surface area (TPSA) is 443 Å². The van der Waals surface area contributed by atoms with Crippen LogP contribution in [0.5, 0.6) is 5.75 Å². The highest BCUT2D eigenvalue weighted by atomic mass is 16.5. The van der Waals surface area contributed by atoms with Crippen LogP contribution >= 0.6 is 0 Å². The quantitative estimate of drug-likeness (QED) is 0.0297. The van der Waals surface area contributed by atoms with Crippen molar-refractivity contribution in [1.82, 2.24) is 36.4 Å². The van der Waals surface area contributed by atoms with Crippen molar-refractivity contribution in [2.24, 2.45) is 23.3 Å². The second kappa shape index (κ2) is 31.2. The molecule has 17 N–H and O–H groups in total. The van der Waals surface area contributed by atoms with E-state index in [9.17, 15) is 84.0 Å². The number of aliphatic hydroxyl groups excluding tert-OH is 8. The first-order valence-electron chi connectivity index (χ1n) is 27.1. The van der Waals surface area contributed by atoms with E-state index in [4.69, 9.17) is 16.2 Å². The predicted molar refractivity (Wildman–Crippen MR) is 279 cm³/mol. The summed E-state index contributed by atoms with van der Waals surface area (Å²) in [6.07, 6.45) is -10.5. The van der Waals surface area contributed by atoms with Gasteiger partial charge in [-0.1, -0.05) is 77.8 Å². The molecule has 444 valence electrons. The van der Waals surface area contributed by atoms with Crippen LogP contribution in [0.15, 0.2) is 24.3 Å². The Labute approximate surface area is 458 Å². The van der Waals surface area contributed by atoms with E-state index in [1.165, 1.54) is 18.6 Å². The molecule has 3 saturated heterocycles. The maximum Gasteiger partial charge on any atom is 0.325 e. The molecule has 3 heterocycles. The normalized spacial score (nSPS) is 28.1. The van der Waals surface area contributed by atoms with E-state index in [1.807, 2.05) is 0 Å². The number of carbonyl (C=O) groups excluding carboxylic acids is 9. The number of carbonyl (C=O) groups is 9. The van der Waals surface area contributed by atoms with Gasteiger partial charge in [-0.2, -0.15) is 0 Å². The van der Waals surface area contributed by atoms with E-state index in [0.717, 1.165) is 62.5 Å². The molecular weight excluding hydrogens is 1040 g/mol. The molecular formula is C52H83N9O18. The summed E-state index contributed by atoms with van der Waals surface area (Å²) in [6, 6.07) is -7.40. The van der Waals surface area contributed by atoms with Gasteiger partial charge in [0.25, 0.3) is 0 Å². The number of benzene rings is 1. The largest absolute Gasteiger partial charge is 0.426 e. The fourth-order valence-corrected chi connectivity index (χ4v) is 10.0. The zero-order valence-corrected chi connectivity index (χ0v) is 45.3. The van der Waals surface area contributed by atoms with Crippen molar-refractivity contribution in [2.45, 2.75) is 203 Å². The number of ether oxygens (including phenoxy) is 1. The Bertz CT molecular complexity index is 2240. The number of aliphatic hydroxyl groups is 8. The van der Waals surface area contributed by atoms with Gasteiger partial charge in [0.1, 0.15) is 60.3 Å². The molecule has 3 aliphatic heterocycles. The zero-order chi connectivity index (χ0) is 58.8. The van der Waals surface area contributed by atoms with E-state index in [1.54, 1.807) is 0 Å². The Hall–Kier alpha value is -5.91. The minimum Gasteiger partial charge on any atom is -0.426 e. The van der Waals surface area contributed by atoms with Gasteiger partial charge in [0.15, 0.2) is 6.23 Å². The van der Waals surface area contributed by atoms with E-state index >= 15 is 0 Å². The lowest BCUT2D eigenvalue weighted by molar-refractivity contribution is -0.149. The summed E-state index contributed by atoms with van der Waals surface area (Å²) in [6.45, 7) is 6.22. The van der Waals surface area contributed by atoms with Crippen LogP contribution in [0.1, 0.15) is 129 Å². The van der Waals surface area contributed by atoms with Crippen molar-refractivity contribution in [3.63, 3.8) is 0 Å². The van der Waals surface area contributed by atoms with Gasteiger partial charge in [0.05, 0.1) is 37.4 Å². The number of nitrogens with two attached hydrogens (primary N) is 2. The van der Waals surface area contributed by atoms with Crippen molar-refractivity contribution in [3.8, 4) is 5.75 Å². The molecule has 3 aliphatic rings. The van der Waals surface area contributed by atoms with Crippen LogP contribution in [0.25, 0.3) is 0 Å². The Morgan fingerprint density at radius 2 is 1.34 bits per heavy atom. The van der Waals surface area contributed by atoms with Crippen LogP contribution in [-0.2, 0) is 43.2 Å². The highest BCUT2D eigenvalue weighted by molar-refractivity contribution is 5.98. The molecule has 16 atom stereocenters. The molecule has 1 aromatic carbocycles. The van der Waals surface area contributed by atoms with Gasteiger partial charge in [0, 0.05) is 32.4 Å². The third kappa shape index (κ3) is 19.1. The third-order valence-corrected chi connectivity index (χ3v) is 14.7. The maximum atomic E-state index is 14.5. The number of hydrogen-bond acceptors (Lipinski definition) is 19. The highest BCUT2D eigenvalue weighted by Crippen LogP contribution is 2.27. The number of nitrogens with zero attached hydrogens (tertiary/aromatic N) is 2. The lowest BCUT2D eigenvalue weighted by Crippen LogP contribution is -2.64. The summed E-state index contributed by atoms with van der Waals surface area (Å²) in [5.41, 5.74) is 10.5. The molecule has 3 fully saturated rings. The first-order valence-corrected chi connectivity index (χ1v) is 27.1. The lowest BCUT2D eigenvalue weighted by Gasteiger charge is -2.34. The fraction of sp³-hybridized carbons (Fsp3) is 0.712. The number of unbranched alkanes of at least 4 members (excludes halogenated alkanes) is 5. The highest BCUT2D eigenvalue weighted by Gasteiger charge is 2.49. The molecule has 1 aromatic rings. The third-order valence-electron chi connectivity index (χ3n) is 14.7. The predicted octanol–water partition coefficient (Wildman–Crippen LogP) is -4.18. The summed E-state index contributed by atoms with van der Waals surface area (Å²) in [5, 5.41) is 101. The first-order chi connectivity index (χ1) is 37.3. The zero-order valence-electron chi connectivity index (χ0n) is 45.3. The maximum absolute atomic E-state index is 14.5. The molecule has 0 aliphatic carbocycles. The fourth-order valence-electron chi connectivity index (χ4n) is 10.0. The Morgan fingerprint density at radius 1 is 0.734 bits per heavy atom. The molecule has 8 amide bonds. The minimum absolute atomic E-state index is 0.0458. The SMILES string of the molecule is CCC(C)CC(C)CCCCCCCCC(=O)N[C@H]1C[C@@H](O)[C@@H](O)NC(=O)[C@@H]2[C@@H](O)CCN2C(=O)[C@H]([C@@H](O)CC(N)=O)NC(=O)[C@H]([C@H](O)[C@@H](O)c2ccc(OC(=O)CN)cc2)NC(=O)[C@@H]2C[C@@H](O)CN2C(=O)[C@H]([C@H](C)O)NC1=O. The molecule has 4 rings (SSSR count). The number of rotatable bonds is 22. The number of esters is 1. The van der Waals surface area contributed by atoms with Gasteiger partial charge in [-0.05, 0) is 55.7 Å². The van der Waals surface area contributed by atoms with E-state index in [0.29, 0.717) is 29.6 Å². The average molecular weight is 1120 g/mol. The molecule has 0 aromatic heterocycles. The smallest absolute Gasteiger partial charge is 0.325 e. The van der Waals surface area contributed by atoms with Crippen LogP contribution in [0.3, 0.4) is 0 Å². The summed E-state index contributed by atoms with van der Waals surface area (Å²) in [7, 11) is 0. The van der Waals surface area contributed by atoms with Gasteiger partial charge in [-0.15, -0.1) is 0 Å². The van der Waals surface area contributed by atoms with Crippen LogP contribution in [0.4, 0.5) is 0 Å². The van der Waals surface area contributed by atoms with Gasteiger partial charge in [-0.3, -0.25) is 43.2 Å². The number of fused-ring (bicyclic) bond motifs is 2. The summed E-state index contributed by atoms with van der Waals surface area (Å²) < 4.78 is 5.03. The van der Waals surface area contributed by atoms with Crippen LogP contribution in [0, 0.1) is 11.8 Å².